The predicted octanol–water partition coefficient (Wildman–Crippen LogP) is 0.670. The van der Waals surface area contributed by atoms with E-state index in [4.69, 9.17) is 5.11 Å². The van der Waals surface area contributed by atoms with Crippen molar-refractivity contribution in [2.24, 2.45) is 5.92 Å². The lowest BCUT2D eigenvalue weighted by Gasteiger charge is -2.11. The van der Waals surface area contributed by atoms with Gasteiger partial charge in [-0.05, 0) is 5.92 Å². The Balaban J connectivity index is 0.000000249. The van der Waals surface area contributed by atoms with Gasteiger partial charge in [0.25, 0.3) is 0 Å². The number of nitrogens with one attached hydrogen (secondary N) is 2. The number of carboxylic acid groups (broad SMARTS) is 1. The van der Waals surface area contributed by atoms with Crippen LogP contribution in [0.2, 0.25) is 0 Å². The summed E-state index contributed by atoms with van der Waals surface area (Å²) in [7, 11) is 0. The summed E-state index contributed by atoms with van der Waals surface area (Å²) < 4.78 is 0. The summed E-state index contributed by atoms with van der Waals surface area (Å²) in [6.07, 6.45) is 0. The second-order valence-corrected chi connectivity index (χ2v) is 4.47. The molecule has 84 valence electrons. The summed E-state index contributed by atoms with van der Waals surface area (Å²) in [4.78, 5) is 9.69. The number of piperazine rings is 1. The van der Waals surface area contributed by atoms with E-state index in [1.54, 1.807) is 0 Å². The van der Waals surface area contributed by atoms with Gasteiger partial charge in [-0.25, -0.2) is 0 Å². The topological polar surface area (TPSA) is 61.4 Å². The molecule has 0 spiro atoms. The summed E-state index contributed by atoms with van der Waals surface area (Å²) in [5.41, 5.74) is 0. The standard InChI is InChI=1S/C5H9BrO2.C4H10N2/c1-3(2)4(6)5(7)8;1-2-6-4-3-5-1/h3-4H,1-2H3,(H,7,8);5-6H,1-4H2. The molecule has 3 N–H and O–H groups in total. The van der Waals surface area contributed by atoms with Crippen molar-refractivity contribution in [1.82, 2.24) is 10.6 Å². The quantitative estimate of drug-likeness (QED) is 0.644. The van der Waals surface area contributed by atoms with E-state index in [1.165, 1.54) is 0 Å². The molecule has 1 fully saturated rings. The molecule has 1 rings (SSSR count). The van der Waals surface area contributed by atoms with Crippen LogP contribution in [-0.4, -0.2) is 42.1 Å². The van der Waals surface area contributed by atoms with Crippen LogP contribution in [0.5, 0.6) is 0 Å². The van der Waals surface area contributed by atoms with E-state index in [-0.39, 0.29) is 5.92 Å². The minimum atomic E-state index is -0.792. The highest BCUT2D eigenvalue weighted by atomic mass is 79.9. The summed E-state index contributed by atoms with van der Waals surface area (Å²) >= 11 is 3.01. The molecule has 1 saturated heterocycles. The smallest absolute Gasteiger partial charge is 0.317 e. The fraction of sp³-hybridized carbons (Fsp3) is 0.889. The number of rotatable bonds is 2. The molecular weight excluding hydrogens is 248 g/mol. The van der Waals surface area contributed by atoms with Crippen molar-refractivity contribution in [3.8, 4) is 0 Å². The zero-order valence-electron chi connectivity index (χ0n) is 8.72. The van der Waals surface area contributed by atoms with E-state index in [0.717, 1.165) is 26.2 Å². The maximum absolute atomic E-state index is 10.1. The van der Waals surface area contributed by atoms with Crippen LogP contribution >= 0.6 is 15.9 Å². The first-order chi connectivity index (χ1) is 6.55. The summed E-state index contributed by atoms with van der Waals surface area (Å²) in [6.45, 7) is 8.26. The number of hydrogen-bond acceptors (Lipinski definition) is 3. The fourth-order valence-electron chi connectivity index (χ4n) is 0.889. The first kappa shape index (κ1) is 13.9. The van der Waals surface area contributed by atoms with E-state index < -0.39 is 10.8 Å². The highest BCUT2D eigenvalue weighted by Crippen LogP contribution is 2.10. The third kappa shape index (κ3) is 7.29. The number of hydrogen-bond donors (Lipinski definition) is 3. The third-order valence-electron chi connectivity index (χ3n) is 1.78. The molecule has 1 atom stereocenters. The van der Waals surface area contributed by atoms with Crippen LogP contribution in [0, 0.1) is 5.92 Å². The molecule has 0 bridgehead atoms. The van der Waals surface area contributed by atoms with E-state index >= 15 is 0 Å². The van der Waals surface area contributed by atoms with Crippen LogP contribution in [-0.2, 0) is 4.79 Å². The Labute approximate surface area is 93.6 Å². The SMILES string of the molecule is C1CNCCN1.CC(C)C(Br)C(=O)O. The molecule has 0 aromatic carbocycles. The Bertz CT molecular complexity index is 149. The molecule has 1 unspecified atom stereocenters. The number of carboxylic acids is 1. The van der Waals surface area contributed by atoms with Crippen molar-refractivity contribution in [1.29, 1.82) is 0 Å². The molecule has 0 aliphatic carbocycles. The first-order valence-corrected chi connectivity index (χ1v) is 5.75. The molecular formula is C9H19BrN2O2. The first-order valence-electron chi connectivity index (χ1n) is 4.84. The van der Waals surface area contributed by atoms with Gasteiger partial charge < -0.3 is 15.7 Å². The molecule has 1 heterocycles. The van der Waals surface area contributed by atoms with Crippen molar-refractivity contribution in [3.63, 3.8) is 0 Å². The average molecular weight is 267 g/mol. The lowest BCUT2D eigenvalue weighted by Crippen LogP contribution is -2.39. The van der Waals surface area contributed by atoms with Crippen molar-refractivity contribution in [3.05, 3.63) is 0 Å². The Morgan fingerprint density at radius 1 is 1.21 bits per heavy atom. The maximum atomic E-state index is 10.1. The molecule has 0 saturated carbocycles. The second kappa shape index (κ2) is 8.20. The molecule has 4 nitrogen and oxygen atoms in total. The second-order valence-electron chi connectivity index (χ2n) is 3.48. The summed E-state index contributed by atoms with van der Waals surface area (Å²) in [5, 5.41) is 14.7. The van der Waals surface area contributed by atoms with E-state index in [1.807, 2.05) is 13.8 Å². The average Bonchev–Trinajstić information content (AvgIpc) is 2.20. The lowest BCUT2D eigenvalue weighted by atomic mass is 10.1. The lowest BCUT2D eigenvalue weighted by molar-refractivity contribution is -0.136. The number of alkyl halides is 1. The minimum Gasteiger partial charge on any atom is -0.480 e. The Hall–Kier alpha value is -0.130. The Morgan fingerprint density at radius 3 is 1.64 bits per heavy atom. The van der Waals surface area contributed by atoms with Gasteiger partial charge in [0.05, 0.1) is 0 Å². The van der Waals surface area contributed by atoms with Gasteiger partial charge in [-0.15, -0.1) is 0 Å². The number of carbonyl (C=O) groups is 1. The zero-order valence-corrected chi connectivity index (χ0v) is 10.3. The van der Waals surface area contributed by atoms with Gasteiger partial charge >= 0.3 is 5.97 Å². The fourth-order valence-corrected chi connectivity index (χ4v) is 0.889. The molecule has 1 aliphatic rings. The van der Waals surface area contributed by atoms with Gasteiger partial charge in [0, 0.05) is 26.2 Å². The Kier molecular flexibility index (Phi) is 8.12. The zero-order chi connectivity index (χ0) is 11.0. The van der Waals surface area contributed by atoms with E-state index in [2.05, 4.69) is 26.6 Å². The van der Waals surface area contributed by atoms with E-state index in [9.17, 15) is 4.79 Å². The summed E-state index contributed by atoms with van der Waals surface area (Å²) in [6, 6.07) is 0. The number of aliphatic carboxylic acids is 1. The van der Waals surface area contributed by atoms with Crippen LogP contribution in [0.25, 0.3) is 0 Å². The van der Waals surface area contributed by atoms with Gasteiger partial charge in [0.1, 0.15) is 4.83 Å². The highest BCUT2D eigenvalue weighted by Gasteiger charge is 2.16. The summed E-state index contributed by atoms with van der Waals surface area (Å²) in [5.74, 6) is -0.632. The molecule has 14 heavy (non-hydrogen) atoms. The normalized spacial score (nSPS) is 18.3. The van der Waals surface area contributed by atoms with Gasteiger partial charge in [-0.1, -0.05) is 29.8 Å². The van der Waals surface area contributed by atoms with Gasteiger partial charge in [0.2, 0.25) is 0 Å². The third-order valence-corrected chi connectivity index (χ3v) is 3.23. The van der Waals surface area contributed by atoms with Crippen LogP contribution < -0.4 is 10.6 Å². The molecule has 0 radical (unpaired) electrons. The maximum Gasteiger partial charge on any atom is 0.317 e. The molecule has 0 aromatic heterocycles. The molecule has 0 aromatic rings. The minimum absolute atomic E-state index is 0.160. The molecule has 5 heteroatoms. The van der Waals surface area contributed by atoms with Crippen molar-refractivity contribution >= 4 is 21.9 Å². The monoisotopic (exact) mass is 266 g/mol. The van der Waals surface area contributed by atoms with Crippen molar-refractivity contribution < 1.29 is 9.90 Å². The molecule has 1 aliphatic heterocycles. The number of halogens is 1. The van der Waals surface area contributed by atoms with Crippen molar-refractivity contribution in [2.45, 2.75) is 18.7 Å². The van der Waals surface area contributed by atoms with E-state index in [0.29, 0.717) is 0 Å². The van der Waals surface area contributed by atoms with Gasteiger partial charge in [-0.2, -0.15) is 0 Å². The van der Waals surface area contributed by atoms with Crippen molar-refractivity contribution in [2.75, 3.05) is 26.2 Å². The predicted molar refractivity (Wildman–Crippen MR) is 60.9 cm³/mol. The van der Waals surface area contributed by atoms with Crippen LogP contribution in [0.1, 0.15) is 13.8 Å². The van der Waals surface area contributed by atoms with Crippen LogP contribution in [0.4, 0.5) is 0 Å². The van der Waals surface area contributed by atoms with Crippen LogP contribution in [0.3, 0.4) is 0 Å². The molecule has 0 amide bonds. The Morgan fingerprint density at radius 2 is 1.57 bits per heavy atom. The largest absolute Gasteiger partial charge is 0.480 e. The highest BCUT2D eigenvalue weighted by molar-refractivity contribution is 9.10. The van der Waals surface area contributed by atoms with Crippen LogP contribution in [0.15, 0.2) is 0 Å². The van der Waals surface area contributed by atoms with Gasteiger partial charge in [0.15, 0.2) is 0 Å². The van der Waals surface area contributed by atoms with Gasteiger partial charge in [-0.3, -0.25) is 4.79 Å².